The Labute approximate surface area is 118 Å². The van der Waals surface area contributed by atoms with Gasteiger partial charge in [-0.05, 0) is 24.2 Å². The number of thioether (sulfide) groups is 1. The molecular formula is C15H19N3S. The van der Waals surface area contributed by atoms with Gasteiger partial charge in [0.05, 0.1) is 24.3 Å². The second-order valence-corrected chi connectivity index (χ2v) is 6.13. The Morgan fingerprint density at radius 1 is 1.32 bits per heavy atom. The van der Waals surface area contributed by atoms with Crippen LogP contribution in [0.15, 0.2) is 42.9 Å². The van der Waals surface area contributed by atoms with Crippen molar-refractivity contribution in [2.45, 2.75) is 24.9 Å². The number of imidazole rings is 1. The van der Waals surface area contributed by atoms with Crippen molar-refractivity contribution in [2.75, 3.05) is 11.5 Å². The van der Waals surface area contributed by atoms with Gasteiger partial charge in [-0.3, -0.25) is 0 Å². The molecule has 2 N–H and O–H groups in total. The van der Waals surface area contributed by atoms with Crippen LogP contribution in [-0.4, -0.2) is 21.1 Å². The van der Waals surface area contributed by atoms with Crippen LogP contribution in [-0.2, 0) is 0 Å². The lowest BCUT2D eigenvalue weighted by Gasteiger charge is -2.26. The maximum absolute atomic E-state index is 6.40. The van der Waals surface area contributed by atoms with E-state index in [4.69, 9.17) is 5.73 Å². The van der Waals surface area contributed by atoms with Crippen molar-refractivity contribution < 1.29 is 0 Å². The van der Waals surface area contributed by atoms with Crippen molar-refractivity contribution in [1.82, 2.24) is 9.55 Å². The summed E-state index contributed by atoms with van der Waals surface area (Å²) in [6, 6.07) is 10.7. The van der Waals surface area contributed by atoms with E-state index in [0.29, 0.717) is 6.04 Å². The molecule has 0 amide bonds. The molecule has 0 spiro atoms. The molecule has 1 fully saturated rings. The maximum Gasteiger partial charge on any atom is 0.0951 e. The van der Waals surface area contributed by atoms with Gasteiger partial charge in [-0.25, -0.2) is 4.98 Å². The predicted molar refractivity (Wildman–Crippen MR) is 80.3 cm³/mol. The average molecular weight is 273 g/mol. The van der Waals surface area contributed by atoms with Crippen molar-refractivity contribution >= 4 is 11.8 Å². The SMILES string of the molecule is NC(c1ccccc1)c1cncn1C1CCCSC1. The molecule has 0 saturated carbocycles. The van der Waals surface area contributed by atoms with Crippen LogP contribution in [0.1, 0.15) is 36.2 Å². The van der Waals surface area contributed by atoms with E-state index in [2.05, 4.69) is 21.7 Å². The summed E-state index contributed by atoms with van der Waals surface area (Å²) >= 11 is 2.03. The highest BCUT2D eigenvalue weighted by Gasteiger charge is 2.21. The van der Waals surface area contributed by atoms with Gasteiger partial charge >= 0.3 is 0 Å². The Morgan fingerprint density at radius 2 is 2.16 bits per heavy atom. The van der Waals surface area contributed by atoms with Gasteiger partial charge in [0.15, 0.2) is 0 Å². The van der Waals surface area contributed by atoms with E-state index in [0.717, 1.165) is 11.3 Å². The number of nitrogens with zero attached hydrogens (tertiary/aromatic N) is 2. The van der Waals surface area contributed by atoms with Gasteiger partial charge in [0.2, 0.25) is 0 Å². The van der Waals surface area contributed by atoms with Crippen molar-refractivity contribution in [3.8, 4) is 0 Å². The van der Waals surface area contributed by atoms with Crippen LogP contribution in [0.2, 0.25) is 0 Å². The zero-order valence-electron chi connectivity index (χ0n) is 10.9. The normalized spacial score (nSPS) is 21.2. The van der Waals surface area contributed by atoms with Gasteiger partial charge in [0.1, 0.15) is 0 Å². The Morgan fingerprint density at radius 3 is 2.89 bits per heavy atom. The summed E-state index contributed by atoms with van der Waals surface area (Å²) in [5, 5.41) is 0. The van der Waals surface area contributed by atoms with Crippen LogP contribution >= 0.6 is 11.8 Å². The summed E-state index contributed by atoms with van der Waals surface area (Å²) in [6.45, 7) is 0. The van der Waals surface area contributed by atoms with Gasteiger partial charge in [-0.1, -0.05) is 30.3 Å². The van der Waals surface area contributed by atoms with Crippen LogP contribution < -0.4 is 5.73 Å². The summed E-state index contributed by atoms with van der Waals surface area (Å²) < 4.78 is 2.28. The third kappa shape index (κ3) is 2.69. The molecule has 2 atom stereocenters. The Kier molecular flexibility index (Phi) is 3.89. The van der Waals surface area contributed by atoms with Gasteiger partial charge in [-0.2, -0.15) is 11.8 Å². The lowest BCUT2D eigenvalue weighted by atomic mass is 10.0. The van der Waals surface area contributed by atoms with Crippen molar-refractivity contribution in [3.05, 3.63) is 54.1 Å². The van der Waals surface area contributed by atoms with Crippen LogP contribution in [0.4, 0.5) is 0 Å². The lowest BCUT2D eigenvalue weighted by molar-refractivity contribution is 0.478. The Hall–Kier alpha value is -1.26. The van der Waals surface area contributed by atoms with E-state index < -0.39 is 0 Å². The van der Waals surface area contributed by atoms with Crippen LogP contribution in [0.5, 0.6) is 0 Å². The Bertz CT molecular complexity index is 517. The van der Waals surface area contributed by atoms with E-state index in [1.807, 2.05) is 42.5 Å². The van der Waals surface area contributed by atoms with Crippen LogP contribution in [0.3, 0.4) is 0 Å². The highest BCUT2D eigenvalue weighted by Crippen LogP contribution is 2.30. The number of nitrogens with two attached hydrogens (primary N) is 1. The average Bonchev–Trinajstić information content (AvgIpc) is 2.98. The zero-order valence-corrected chi connectivity index (χ0v) is 11.7. The molecule has 1 saturated heterocycles. The summed E-state index contributed by atoms with van der Waals surface area (Å²) in [6.07, 6.45) is 6.37. The van der Waals surface area contributed by atoms with Crippen molar-refractivity contribution in [2.24, 2.45) is 5.73 Å². The second-order valence-electron chi connectivity index (χ2n) is 4.99. The smallest absolute Gasteiger partial charge is 0.0951 e. The standard InChI is InChI=1S/C15H19N3S/c16-15(12-5-2-1-3-6-12)14-9-17-11-18(14)13-7-4-8-19-10-13/h1-3,5-6,9,11,13,15H,4,7-8,10,16H2. The molecule has 100 valence electrons. The first-order valence-corrected chi connectivity index (χ1v) is 7.91. The Balaban J connectivity index is 1.87. The molecule has 2 aromatic rings. The minimum absolute atomic E-state index is 0.0874. The van der Waals surface area contributed by atoms with Crippen LogP contribution in [0.25, 0.3) is 0 Å². The van der Waals surface area contributed by atoms with Crippen molar-refractivity contribution in [1.29, 1.82) is 0 Å². The predicted octanol–water partition coefficient (Wildman–Crippen LogP) is 3.00. The second kappa shape index (κ2) is 5.80. The molecule has 1 aromatic carbocycles. The molecule has 2 unspecified atom stereocenters. The molecule has 2 heterocycles. The van der Waals surface area contributed by atoms with Gasteiger partial charge in [0.25, 0.3) is 0 Å². The van der Waals surface area contributed by atoms with E-state index in [1.54, 1.807) is 0 Å². The molecule has 4 heteroatoms. The first-order chi connectivity index (χ1) is 9.36. The zero-order chi connectivity index (χ0) is 13.1. The quantitative estimate of drug-likeness (QED) is 0.935. The summed E-state index contributed by atoms with van der Waals surface area (Å²) in [4.78, 5) is 4.32. The molecule has 1 aromatic heterocycles. The fraction of sp³-hybridized carbons (Fsp3) is 0.400. The maximum atomic E-state index is 6.40. The molecule has 0 aliphatic carbocycles. The van der Waals surface area contributed by atoms with E-state index in [-0.39, 0.29) is 6.04 Å². The van der Waals surface area contributed by atoms with Gasteiger partial charge in [0, 0.05) is 11.8 Å². The minimum atomic E-state index is -0.0874. The molecule has 1 aliphatic heterocycles. The van der Waals surface area contributed by atoms with E-state index >= 15 is 0 Å². The number of hydrogen-bond donors (Lipinski definition) is 1. The van der Waals surface area contributed by atoms with E-state index in [9.17, 15) is 0 Å². The third-order valence-corrected chi connectivity index (χ3v) is 4.90. The molecule has 3 nitrogen and oxygen atoms in total. The topological polar surface area (TPSA) is 43.8 Å². The lowest BCUT2D eigenvalue weighted by Crippen LogP contribution is -2.22. The van der Waals surface area contributed by atoms with Gasteiger partial charge < -0.3 is 10.3 Å². The molecular weight excluding hydrogens is 254 g/mol. The monoisotopic (exact) mass is 273 g/mol. The molecule has 3 rings (SSSR count). The third-order valence-electron chi connectivity index (χ3n) is 3.70. The molecule has 0 radical (unpaired) electrons. The van der Waals surface area contributed by atoms with E-state index in [1.165, 1.54) is 24.3 Å². The number of aromatic nitrogens is 2. The van der Waals surface area contributed by atoms with Crippen molar-refractivity contribution in [3.63, 3.8) is 0 Å². The molecule has 19 heavy (non-hydrogen) atoms. The number of rotatable bonds is 3. The number of benzene rings is 1. The van der Waals surface area contributed by atoms with Gasteiger partial charge in [-0.15, -0.1) is 0 Å². The van der Waals surface area contributed by atoms with Crippen LogP contribution in [0, 0.1) is 0 Å². The first kappa shape index (κ1) is 12.8. The highest BCUT2D eigenvalue weighted by atomic mass is 32.2. The molecule has 1 aliphatic rings. The largest absolute Gasteiger partial charge is 0.329 e. The number of hydrogen-bond acceptors (Lipinski definition) is 3. The summed E-state index contributed by atoms with van der Waals surface area (Å²) in [7, 11) is 0. The first-order valence-electron chi connectivity index (χ1n) is 6.76. The fourth-order valence-electron chi connectivity index (χ4n) is 2.64. The molecule has 0 bridgehead atoms. The fourth-order valence-corrected chi connectivity index (χ4v) is 3.77. The highest BCUT2D eigenvalue weighted by molar-refractivity contribution is 7.99. The summed E-state index contributed by atoms with van der Waals surface area (Å²) in [5.74, 6) is 2.45. The summed E-state index contributed by atoms with van der Waals surface area (Å²) in [5.41, 5.74) is 8.67. The minimum Gasteiger partial charge on any atom is -0.329 e.